The quantitative estimate of drug-likeness (QED) is 0.0147. The molecule has 3 aliphatic heterocycles. The summed E-state index contributed by atoms with van der Waals surface area (Å²) in [5.41, 5.74) is 4.26. The van der Waals surface area contributed by atoms with Gasteiger partial charge in [0.05, 0.1) is 22.4 Å². The zero-order valence-electron chi connectivity index (χ0n) is 45.4. The van der Waals surface area contributed by atoms with Crippen molar-refractivity contribution in [1.29, 1.82) is 0 Å². The fraction of sp³-hybridized carbons (Fsp3) is 0.509. The normalized spacial score (nSPS) is 19.9. The van der Waals surface area contributed by atoms with Crippen molar-refractivity contribution in [2.45, 2.75) is 157 Å². The van der Waals surface area contributed by atoms with E-state index in [-0.39, 0.29) is 41.9 Å². The van der Waals surface area contributed by atoms with Crippen molar-refractivity contribution in [2.24, 2.45) is 0 Å². The van der Waals surface area contributed by atoms with Gasteiger partial charge in [0, 0.05) is 115 Å². The number of anilines is 1. The molecule has 0 aliphatic carbocycles. The zero-order chi connectivity index (χ0) is 57.7. The third-order valence-corrected chi connectivity index (χ3v) is 16.6. The number of rotatable bonds is 18. The Morgan fingerprint density at radius 2 is 1.57 bits per heavy atom. The number of unbranched alkanes of at least 4 members (excludes halogenated alkanes) is 2. The number of hydrogen-bond donors (Lipinski definition) is 8. The highest BCUT2D eigenvalue weighted by Gasteiger charge is 2.45. The van der Waals surface area contributed by atoms with Crippen LogP contribution in [0.3, 0.4) is 0 Å². The van der Waals surface area contributed by atoms with Crippen LogP contribution in [0.4, 0.5) is 11.4 Å². The minimum Gasteiger partial charge on any atom is -0.492 e. The molecule has 2 atom stereocenters. The average molecular weight is 1170 g/mol. The minimum atomic E-state index is -4.54. The largest absolute Gasteiger partial charge is 0.492 e. The van der Waals surface area contributed by atoms with E-state index in [1.165, 1.54) is 24.3 Å². The number of fused-ring (bicyclic) bond motifs is 5. The molecule has 3 aliphatic rings. The smallest absolute Gasteiger partial charge is 0.333 e. The molecule has 8 N–H and O–H groups in total. The van der Waals surface area contributed by atoms with Gasteiger partial charge < -0.3 is 35.9 Å². The Kier molecular flexibility index (Phi) is 24.5. The Hall–Kier alpha value is -5.74. The minimum absolute atomic E-state index is 0.0235. The lowest BCUT2D eigenvalue weighted by Gasteiger charge is -2.30. The summed E-state index contributed by atoms with van der Waals surface area (Å²) in [7, 11) is -4.54. The van der Waals surface area contributed by atoms with E-state index in [1.807, 2.05) is 42.5 Å². The monoisotopic (exact) mass is 1170 g/mol. The van der Waals surface area contributed by atoms with E-state index >= 15 is 0 Å². The van der Waals surface area contributed by atoms with Gasteiger partial charge in [-0.05, 0) is 127 Å². The summed E-state index contributed by atoms with van der Waals surface area (Å²) in [6, 6.07) is 12.1. The molecule has 0 fully saturated rings. The fourth-order valence-electron chi connectivity index (χ4n) is 10.4. The highest BCUT2D eigenvalue weighted by Crippen LogP contribution is 2.51. The molecular formula is C55H75N6O16S3+. The lowest BCUT2D eigenvalue weighted by atomic mass is 9.77. The zero-order valence-corrected chi connectivity index (χ0v) is 47.9. The number of nitrogens with zero attached hydrogens (tertiary/aromatic N) is 3. The summed E-state index contributed by atoms with van der Waals surface area (Å²) in [4.78, 5) is 60.0. The molecule has 6 rings (SSSR count). The molecule has 3 aromatic rings. The van der Waals surface area contributed by atoms with Gasteiger partial charge in [-0.15, -0.1) is 13.4 Å². The van der Waals surface area contributed by atoms with E-state index in [0.717, 1.165) is 69.3 Å². The van der Waals surface area contributed by atoms with Gasteiger partial charge in [-0.3, -0.25) is 18.9 Å². The number of aromatic nitrogens is 1. The summed E-state index contributed by atoms with van der Waals surface area (Å²) < 4.78 is 47.5. The van der Waals surface area contributed by atoms with Crippen LogP contribution < -0.4 is 25.7 Å². The molecule has 0 saturated heterocycles. The maximum atomic E-state index is 13.6. The van der Waals surface area contributed by atoms with E-state index < -0.39 is 44.7 Å². The van der Waals surface area contributed by atoms with Gasteiger partial charge in [0.15, 0.2) is 5.71 Å². The van der Waals surface area contributed by atoms with Crippen molar-refractivity contribution in [3.63, 3.8) is 0 Å². The lowest BCUT2D eigenvalue weighted by molar-refractivity contribution is -0.438. The predicted molar refractivity (Wildman–Crippen MR) is 300 cm³/mol. The fourth-order valence-corrected chi connectivity index (χ4v) is 11.7. The highest BCUT2D eigenvalue weighted by molar-refractivity contribution is 7.94. The first-order chi connectivity index (χ1) is 38.4. The Balaban J connectivity index is 1.20. The predicted octanol–water partition coefficient (Wildman–Crippen LogP) is 8.81. The number of hydrogen-bond acceptors (Lipinski definition) is 18. The van der Waals surface area contributed by atoms with E-state index in [1.54, 1.807) is 6.07 Å². The van der Waals surface area contributed by atoms with Crippen molar-refractivity contribution >= 4 is 75.0 Å². The van der Waals surface area contributed by atoms with Gasteiger partial charge in [0.1, 0.15) is 12.6 Å². The molecular weight excluding hydrogens is 1100 g/mol. The third kappa shape index (κ3) is 17.6. The number of carbonyl (C=O) groups excluding carboxylic acids is 4. The molecule has 0 spiro atoms. The van der Waals surface area contributed by atoms with Crippen LogP contribution in [0.2, 0.25) is 0 Å². The Morgan fingerprint density at radius 3 is 2.33 bits per heavy atom. The second-order valence-electron chi connectivity index (χ2n) is 20.6. The van der Waals surface area contributed by atoms with Gasteiger partial charge in [-0.2, -0.15) is 13.0 Å². The molecule has 80 heavy (non-hydrogen) atoms. The third-order valence-electron chi connectivity index (χ3n) is 14.6. The van der Waals surface area contributed by atoms with Crippen LogP contribution in [0.1, 0.15) is 141 Å². The first-order valence-electron chi connectivity index (χ1n) is 27.0. The molecule has 0 radical (unpaired) electrons. The Bertz CT molecular complexity index is 2830. The average Bonchev–Trinajstić information content (AvgIpc) is 4.07. The molecule has 438 valence electrons. The van der Waals surface area contributed by atoms with Crippen molar-refractivity contribution in [3.8, 4) is 11.8 Å². The molecule has 22 nitrogen and oxygen atoms in total. The van der Waals surface area contributed by atoms with Crippen LogP contribution in [0.15, 0.2) is 94.4 Å². The van der Waals surface area contributed by atoms with Crippen LogP contribution in [-0.2, 0) is 58.9 Å². The van der Waals surface area contributed by atoms with Crippen LogP contribution in [0, 0.1) is 0 Å². The van der Waals surface area contributed by atoms with Crippen LogP contribution in [-0.4, -0.2) is 110 Å². The summed E-state index contributed by atoms with van der Waals surface area (Å²) in [6.45, 7) is 8.13. The van der Waals surface area contributed by atoms with Crippen molar-refractivity contribution in [2.75, 3.05) is 36.8 Å². The maximum absolute atomic E-state index is 13.6. The second kappa shape index (κ2) is 30.9. The number of allylic oxidation sites excluding steroid dienone is 6. The topological polar surface area (TPSA) is 297 Å². The first kappa shape index (κ1) is 63.4. The van der Waals surface area contributed by atoms with Gasteiger partial charge in [0.25, 0.3) is 10.1 Å². The van der Waals surface area contributed by atoms with E-state index in [9.17, 15) is 42.4 Å². The molecule has 0 bridgehead atoms. The maximum Gasteiger partial charge on any atom is 0.333 e. The van der Waals surface area contributed by atoms with Crippen molar-refractivity contribution in [3.05, 3.63) is 95.7 Å². The molecule has 3 amide bonds. The summed E-state index contributed by atoms with van der Waals surface area (Å²) in [5, 5.41) is 53.5. The molecule has 2 aromatic carbocycles. The van der Waals surface area contributed by atoms with Crippen LogP contribution in [0.25, 0.3) is 0 Å². The van der Waals surface area contributed by atoms with E-state index in [0.29, 0.717) is 120 Å². The number of aromatic hydroxyl groups is 2. The molecule has 1 aromatic heterocycles. The molecule has 0 saturated carbocycles. The number of carbonyl (C=O) groups is 4. The van der Waals surface area contributed by atoms with Gasteiger partial charge >= 0.3 is 5.97 Å². The van der Waals surface area contributed by atoms with Crippen LogP contribution in [0.5, 0.6) is 11.8 Å². The standard InChI is InChI=1S/C55H74N6O16S3/c1-54(2)41-37-39(79-77-75-69)25-27-44(41)59-34-17-7-11-23-49(63)58-43(53(67)57-33-15-6-12-24-52(66)73-61-50(64)29-30-51(61)65)19-13-16-32-56-48(62)22-10-5-14-31-55(3)42-38-40(80(70,71)72)26-28-45(42)60(35-18-36-78-76-74-68)47(55)21-9-4-8-20-46(54)59/h4,8-9,20-21,25-30,37-38,43H,5-7,10-19,22-24,31-36H2,1-3H3,(H7-,56,57,58,62,63,64,65,67,68,69,70,71,72)/p+1. The van der Waals surface area contributed by atoms with E-state index in [2.05, 4.69) is 66.7 Å². The Labute approximate surface area is 475 Å². The van der Waals surface area contributed by atoms with Crippen LogP contribution >= 0.6 is 24.1 Å². The molecule has 4 heterocycles. The highest BCUT2D eigenvalue weighted by atomic mass is 32.2. The number of benzene rings is 2. The lowest BCUT2D eigenvalue weighted by Crippen LogP contribution is -2.47. The number of nitrogens with one attached hydrogen (secondary N) is 3. The summed E-state index contributed by atoms with van der Waals surface area (Å²) >= 11 is 1.82. The van der Waals surface area contributed by atoms with Gasteiger partial charge in [-0.25, -0.2) is 15.3 Å². The summed E-state index contributed by atoms with van der Waals surface area (Å²) in [6.07, 6.45) is 18.6. The van der Waals surface area contributed by atoms with E-state index in [4.69, 9.17) is 19.7 Å². The van der Waals surface area contributed by atoms with Crippen molar-refractivity contribution in [1.82, 2.24) is 20.7 Å². The second-order valence-corrected chi connectivity index (χ2v) is 23.5. The van der Waals surface area contributed by atoms with Gasteiger partial charge in [0.2, 0.25) is 35.2 Å². The van der Waals surface area contributed by atoms with Gasteiger partial charge in [-0.1, -0.05) is 47.6 Å². The summed E-state index contributed by atoms with van der Waals surface area (Å²) in [5.74, 6) is -1.69. The molecule has 25 heteroatoms. The van der Waals surface area contributed by atoms with Crippen molar-refractivity contribution < 1.29 is 81.0 Å². The SMILES string of the molecule is CC1(C)C2=[N+](CCCCCC(=O)NC(C(=O)NCCCCCC(=O)On3c(O)ccc3O)CCCCNC(=O)CCCCCC3(C)C(=CC=CC=C2)N(CCCSOOO)c2ccc(S(=O)(=O)O)cc23)c2ccc(SOOO)cc21. The number of amides is 3. The Morgan fingerprint density at radius 1 is 0.825 bits per heavy atom. The molecule has 2 unspecified atom stereocenters. The first-order valence-corrected chi connectivity index (χ1v) is 30.1.